The number of pyridine rings is 1. The van der Waals surface area contributed by atoms with Gasteiger partial charge in [-0.15, -0.1) is 11.3 Å². The number of benzene rings is 2. The van der Waals surface area contributed by atoms with Crippen molar-refractivity contribution in [3.8, 4) is 0 Å². The molecule has 0 saturated heterocycles. The molecule has 0 aliphatic heterocycles. The van der Waals surface area contributed by atoms with E-state index in [1.165, 1.54) is 28.4 Å². The van der Waals surface area contributed by atoms with Gasteiger partial charge in [-0.2, -0.15) is 0 Å². The van der Waals surface area contributed by atoms with Crippen molar-refractivity contribution in [1.82, 2.24) is 10.3 Å². The lowest BCUT2D eigenvalue weighted by Crippen LogP contribution is -2.43. The Balaban J connectivity index is 1.50. The van der Waals surface area contributed by atoms with Gasteiger partial charge in [-0.1, -0.05) is 43.2 Å². The molecule has 5 rings (SSSR count). The summed E-state index contributed by atoms with van der Waals surface area (Å²) < 4.78 is 14.7. The normalized spacial score (nSPS) is 14.1. The van der Waals surface area contributed by atoms with E-state index in [4.69, 9.17) is 4.98 Å². The predicted octanol–water partition coefficient (Wildman–Crippen LogP) is 5.60. The van der Waals surface area contributed by atoms with Crippen LogP contribution >= 0.6 is 11.3 Å². The first kappa shape index (κ1) is 21.5. The molecule has 168 valence electrons. The minimum absolute atomic E-state index is 0.0930. The van der Waals surface area contributed by atoms with E-state index in [1.807, 2.05) is 31.2 Å². The van der Waals surface area contributed by atoms with Gasteiger partial charge in [-0.05, 0) is 49.6 Å². The molecule has 1 saturated carbocycles. The lowest BCUT2D eigenvalue weighted by Gasteiger charge is -2.23. The molecule has 0 radical (unpaired) electrons. The summed E-state index contributed by atoms with van der Waals surface area (Å²) in [6.07, 6.45) is 4.05. The second-order valence-corrected chi connectivity index (χ2v) is 9.56. The number of nitrogens with one attached hydrogen (secondary N) is 1. The van der Waals surface area contributed by atoms with Crippen molar-refractivity contribution in [3.05, 3.63) is 70.9 Å². The molecule has 2 aromatic carbocycles. The second kappa shape index (κ2) is 8.90. The van der Waals surface area contributed by atoms with Crippen LogP contribution in [0.2, 0.25) is 0 Å². The lowest BCUT2D eigenvalue weighted by atomic mass is 10.1. The van der Waals surface area contributed by atoms with Crippen LogP contribution in [0.5, 0.6) is 0 Å². The van der Waals surface area contributed by atoms with Crippen molar-refractivity contribution in [2.24, 2.45) is 0 Å². The molecule has 0 spiro atoms. The molecule has 0 bridgehead atoms. The number of fused-ring (bicyclic) bond motifs is 2. The Kier molecular flexibility index (Phi) is 5.81. The number of thiophene rings is 1. The quantitative estimate of drug-likeness (QED) is 0.421. The molecule has 2 aromatic heterocycles. The van der Waals surface area contributed by atoms with Gasteiger partial charge in [-0.3, -0.25) is 14.5 Å². The summed E-state index contributed by atoms with van der Waals surface area (Å²) in [6, 6.07) is 15.9. The molecule has 33 heavy (non-hydrogen) atoms. The average Bonchev–Trinajstić information content (AvgIpc) is 3.46. The van der Waals surface area contributed by atoms with Crippen molar-refractivity contribution in [3.63, 3.8) is 0 Å². The van der Waals surface area contributed by atoms with Crippen molar-refractivity contribution in [2.45, 2.75) is 38.6 Å². The number of aromatic nitrogens is 1. The number of halogens is 1. The number of hydrogen-bond acceptors (Lipinski definition) is 4. The van der Waals surface area contributed by atoms with Crippen LogP contribution < -0.4 is 10.2 Å². The Morgan fingerprint density at radius 1 is 1.09 bits per heavy atom. The zero-order valence-corrected chi connectivity index (χ0v) is 19.1. The number of carbonyl (C=O) groups is 2. The van der Waals surface area contributed by atoms with E-state index in [2.05, 4.69) is 5.32 Å². The molecule has 0 atom stereocenters. The third-order valence-corrected chi connectivity index (χ3v) is 7.19. The lowest BCUT2D eigenvalue weighted by molar-refractivity contribution is -0.120. The van der Waals surface area contributed by atoms with Crippen LogP contribution in [-0.2, 0) is 4.79 Å². The number of rotatable bonds is 5. The van der Waals surface area contributed by atoms with Gasteiger partial charge in [0.15, 0.2) is 0 Å². The SMILES string of the molecule is Cc1cccc2cc3cc(C(=O)N(CC(=O)NC4CCCC4)c4ccccc4F)sc3nc12. The van der Waals surface area contributed by atoms with E-state index in [-0.39, 0.29) is 24.2 Å². The monoisotopic (exact) mass is 461 g/mol. The third-order valence-electron chi connectivity index (χ3n) is 6.15. The van der Waals surface area contributed by atoms with Gasteiger partial charge >= 0.3 is 0 Å². The Labute approximate surface area is 195 Å². The molecular weight excluding hydrogens is 437 g/mol. The fraction of sp³-hybridized carbons (Fsp3) is 0.269. The van der Waals surface area contributed by atoms with E-state index in [0.29, 0.717) is 4.88 Å². The summed E-state index contributed by atoms with van der Waals surface area (Å²) in [7, 11) is 0. The van der Waals surface area contributed by atoms with Gasteiger partial charge in [0, 0.05) is 16.8 Å². The summed E-state index contributed by atoms with van der Waals surface area (Å²) in [6.45, 7) is 1.77. The number of amides is 2. The minimum atomic E-state index is -0.542. The Bertz CT molecular complexity index is 1360. The van der Waals surface area contributed by atoms with Gasteiger partial charge < -0.3 is 5.32 Å². The average molecular weight is 462 g/mol. The van der Waals surface area contributed by atoms with Gasteiger partial charge in [0.1, 0.15) is 17.2 Å². The van der Waals surface area contributed by atoms with Crippen LogP contribution in [0.1, 0.15) is 40.9 Å². The second-order valence-electron chi connectivity index (χ2n) is 8.53. The van der Waals surface area contributed by atoms with Crippen LogP contribution in [0.25, 0.3) is 21.1 Å². The topological polar surface area (TPSA) is 62.3 Å². The maximum atomic E-state index is 14.7. The highest BCUT2D eigenvalue weighted by molar-refractivity contribution is 7.20. The summed E-state index contributed by atoms with van der Waals surface area (Å²) in [5, 5.41) is 4.85. The highest BCUT2D eigenvalue weighted by atomic mass is 32.1. The van der Waals surface area contributed by atoms with Gasteiger partial charge in [-0.25, -0.2) is 9.37 Å². The van der Waals surface area contributed by atoms with Crippen LogP contribution in [0.3, 0.4) is 0 Å². The predicted molar refractivity (Wildman–Crippen MR) is 130 cm³/mol. The standard InChI is InChI=1S/C26H24FN3O2S/c1-16-7-6-8-17-13-18-14-22(33-25(18)29-24(16)17)26(32)30(21-12-5-4-11-20(21)27)15-23(31)28-19-9-2-3-10-19/h4-8,11-14,19H,2-3,9-10,15H2,1H3,(H,28,31). The number of nitrogens with zero attached hydrogens (tertiary/aromatic N) is 2. The minimum Gasteiger partial charge on any atom is -0.352 e. The molecule has 1 aliphatic carbocycles. The van der Waals surface area contributed by atoms with E-state index in [9.17, 15) is 14.0 Å². The maximum Gasteiger partial charge on any atom is 0.269 e. The molecular formula is C26H24FN3O2S. The molecule has 2 heterocycles. The third kappa shape index (κ3) is 4.33. The first-order chi connectivity index (χ1) is 16.0. The largest absolute Gasteiger partial charge is 0.352 e. The van der Waals surface area contributed by atoms with Crippen molar-refractivity contribution >= 4 is 50.0 Å². The maximum absolute atomic E-state index is 14.7. The molecule has 1 N–H and O–H groups in total. The fourth-order valence-electron chi connectivity index (χ4n) is 4.47. The van der Waals surface area contributed by atoms with Crippen molar-refractivity contribution in [1.29, 1.82) is 0 Å². The van der Waals surface area contributed by atoms with Crippen molar-refractivity contribution in [2.75, 3.05) is 11.4 Å². The molecule has 1 fully saturated rings. The number of hydrogen-bond donors (Lipinski definition) is 1. The number of anilines is 1. The van der Waals surface area contributed by atoms with Crippen LogP contribution in [0.15, 0.2) is 54.6 Å². The highest BCUT2D eigenvalue weighted by Gasteiger charge is 2.26. The summed E-state index contributed by atoms with van der Waals surface area (Å²) in [5.74, 6) is -1.23. The smallest absolute Gasteiger partial charge is 0.269 e. The van der Waals surface area contributed by atoms with Crippen LogP contribution in [0, 0.1) is 12.7 Å². The number of aryl methyl sites for hydroxylation is 1. The van der Waals surface area contributed by atoms with Gasteiger partial charge in [0.2, 0.25) is 5.91 Å². The molecule has 4 aromatic rings. The van der Waals surface area contributed by atoms with Crippen molar-refractivity contribution < 1.29 is 14.0 Å². The summed E-state index contributed by atoms with van der Waals surface area (Å²) in [5.41, 5.74) is 2.05. The molecule has 7 heteroatoms. The van der Waals surface area contributed by atoms with Gasteiger partial charge in [0.05, 0.1) is 16.1 Å². The van der Waals surface area contributed by atoms with Crippen LogP contribution in [0.4, 0.5) is 10.1 Å². The molecule has 0 unspecified atom stereocenters. The first-order valence-electron chi connectivity index (χ1n) is 11.2. The van der Waals surface area contributed by atoms with E-state index < -0.39 is 11.7 Å². The highest BCUT2D eigenvalue weighted by Crippen LogP contribution is 2.31. The van der Waals surface area contributed by atoms with Gasteiger partial charge in [0.25, 0.3) is 5.91 Å². The van der Waals surface area contributed by atoms with E-state index >= 15 is 0 Å². The Hall–Kier alpha value is -3.32. The van der Waals surface area contributed by atoms with E-state index in [0.717, 1.165) is 52.4 Å². The summed E-state index contributed by atoms with van der Waals surface area (Å²) in [4.78, 5) is 33.5. The Morgan fingerprint density at radius 2 is 1.88 bits per heavy atom. The molecule has 5 nitrogen and oxygen atoms in total. The zero-order valence-electron chi connectivity index (χ0n) is 18.3. The molecule has 1 aliphatic rings. The Morgan fingerprint density at radius 3 is 2.67 bits per heavy atom. The summed E-state index contributed by atoms with van der Waals surface area (Å²) >= 11 is 1.26. The van der Waals surface area contributed by atoms with E-state index in [1.54, 1.807) is 18.2 Å². The van der Waals surface area contributed by atoms with Crippen LogP contribution in [-0.4, -0.2) is 29.4 Å². The number of carbonyl (C=O) groups excluding carboxylic acids is 2. The molecule has 2 amide bonds. The first-order valence-corrected chi connectivity index (χ1v) is 12.0. The zero-order chi connectivity index (χ0) is 22.9. The fourth-order valence-corrected chi connectivity index (χ4v) is 5.43. The number of para-hydroxylation sites is 2.